The SMILES string of the molecule is CNc1nc(N)nc2c1ncn2[C@@H]1O[C@H](CO[P@](=O)(NC(C)C(=O)OC(C)C)Oc2ccccc2)[C@@H](O)[C@]1(F)Cl. The number of fused-ring (bicyclic) bond motifs is 1. The highest BCUT2D eigenvalue weighted by Gasteiger charge is 2.58. The van der Waals surface area contributed by atoms with Gasteiger partial charge in [0.05, 0.1) is 19.0 Å². The minimum absolute atomic E-state index is 0.0931. The molecule has 1 fully saturated rings. The number of anilines is 2. The largest absolute Gasteiger partial charge is 0.462 e. The van der Waals surface area contributed by atoms with Gasteiger partial charge in [-0.05, 0) is 32.9 Å². The van der Waals surface area contributed by atoms with Crippen LogP contribution in [0.2, 0.25) is 0 Å². The van der Waals surface area contributed by atoms with Gasteiger partial charge in [-0.15, -0.1) is 0 Å². The number of aliphatic hydroxyl groups excluding tert-OH is 1. The summed E-state index contributed by atoms with van der Waals surface area (Å²) in [4.78, 5) is 24.7. The Bertz CT molecular complexity index is 1400. The smallest absolute Gasteiger partial charge is 0.459 e. The van der Waals surface area contributed by atoms with E-state index in [1.165, 1.54) is 25.4 Å². The van der Waals surface area contributed by atoms with Crippen LogP contribution in [0.15, 0.2) is 36.7 Å². The van der Waals surface area contributed by atoms with Gasteiger partial charge in [-0.2, -0.15) is 15.1 Å². The monoisotopic (exact) mass is 601 g/mol. The number of alkyl halides is 2. The summed E-state index contributed by atoms with van der Waals surface area (Å²) in [6, 6.07) is 6.93. The summed E-state index contributed by atoms with van der Waals surface area (Å²) in [5.41, 5.74) is 6.12. The molecule has 17 heteroatoms. The lowest BCUT2D eigenvalue weighted by Gasteiger charge is -2.25. The van der Waals surface area contributed by atoms with E-state index in [2.05, 4.69) is 25.4 Å². The van der Waals surface area contributed by atoms with Crippen molar-refractivity contribution in [1.82, 2.24) is 24.6 Å². The standard InChI is InChI=1S/C23H30ClFN7O7P/c1-12(2)37-20(34)13(3)31-40(35,39-14-8-6-5-7-9-14)36-10-15-17(33)23(24,25)21(38-15)32-11-28-16-18(27-4)29-22(26)30-19(16)32/h5-9,11-13,15,17,21,33H,10H2,1-4H3,(H,31,35)(H3,26,27,29,30)/t13?,15-,17-,21-,23-,40-/m1/s1. The predicted molar refractivity (Wildman–Crippen MR) is 143 cm³/mol. The van der Waals surface area contributed by atoms with Crippen LogP contribution in [0, 0.1) is 0 Å². The molecule has 2 aromatic heterocycles. The second-order valence-electron chi connectivity index (χ2n) is 9.18. The van der Waals surface area contributed by atoms with Gasteiger partial charge in [0.25, 0.3) is 5.13 Å². The number of imidazole rings is 1. The number of carbonyl (C=O) groups is 1. The Morgan fingerprint density at radius 3 is 2.67 bits per heavy atom. The molecule has 1 unspecified atom stereocenters. The van der Waals surface area contributed by atoms with Crippen molar-refractivity contribution in [3.05, 3.63) is 36.7 Å². The van der Waals surface area contributed by atoms with Crippen molar-refractivity contribution in [3.8, 4) is 5.75 Å². The van der Waals surface area contributed by atoms with Gasteiger partial charge in [0, 0.05) is 7.05 Å². The molecular formula is C23H30ClFN7O7P. The molecule has 0 amide bonds. The molecule has 0 radical (unpaired) electrons. The molecule has 6 atom stereocenters. The predicted octanol–water partition coefficient (Wildman–Crippen LogP) is 2.75. The number of carbonyl (C=O) groups excluding carboxylic acids is 1. The molecule has 1 saturated heterocycles. The Morgan fingerprint density at radius 1 is 1.32 bits per heavy atom. The molecule has 4 rings (SSSR count). The number of nitrogen functional groups attached to an aromatic ring is 1. The number of para-hydroxylation sites is 1. The van der Waals surface area contributed by atoms with Crippen LogP contribution >= 0.6 is 19.3 Å². The molecule has 218 valence electrons. The fourth-order valence-corrected chi connectivity index (χ4v) is 5.69. The van der Waals surface area contributed by atoms with Crippen molar-refractivity contribution in [3.63, 3.8) is 0 Å². The maximum absolute atomic E-state index is 15.7. The zero-order valence-corrected chi connectivity index (χ0v) is 23.7. The van der Waals surface area contributed by atoms with E-state index >= 15 is 4.39 Å². The van der Waals surface area contributed by atoms with E-state index in [4.69, 9.17) is 35.9 Å². The molecule has 0 spiro atoms. The Balaban J connectivity index is 1.56. The first-order valence-corrected chi connectivity index (χ1v) is 14.1. The number of hydrogen-bond donors (Lipinski definition) is 4. The number of aliphatic hydroxyl groups is 1. The molecule has 1 aromatic carbocycles. The van der Waals surface area contributed by atoms with E-state index in [-0.39, 0.29) is 28.7 Å². The van der Waals surface area contributed by atoms with Gasteiger partial charge < -0.3 is 30.2 Å². The Kier molecular flexibility index (Phi) is 8.83. The van der Waals surface area contributed by atoms with Crippen LogP contribution in [-0.2, 0) is 23.4 Å². The van der Waals surface area contributed by atoms with E-state index in [9.17, 15) is 14.5 Å². The summed E-state index contributed by atoms with van der Waals surface area (Å²) < 4.78 is 52.6. The Hall–Kier alpha value is -3.07. The molecular weight excluding hydrogens is 572 g/mol. The fraction of sp³-hybridized carbons (Fsp3) is 0.478. The number of rotatable bonds is 11. The van der Waals surface area contributed by atoms with Crippen molar-refractivity contribution in [1.29, 1.82) is 0 Å². The van der Waals surface area contributed by atoms with Gasteiger partial charge in [0.1, 0.15) is 24.0 Å². The summed E-state index contributed by atoms with van der Waals surface area (Å²) in [6.07, 6.45) is -4.22. The van der Waals surface area contributed by atoms with Crippen molar-refractivity contribution in [2.24, 2.45) is 0 Å². The van der Waals surface area contributed by atoms with Crippen LogP contribution in [0.4, 0.5) is 16.2 Å². The third-order valence-electron chi connectivity index (χ3n) is 5.74. The van der Waals surface area contributed by atoms with Crippen LogP contribution in [0.1, 0.15) is 27.0 Å². The lowest BCUT2D eigenvalue weighted by Crippen LogP contribution is -2.40. The highest BCUT2D eigenvalue weighted by molar-refractivity contribution is 7.52. The van der Waals surface area contributed by atoms with Crippen molar-refractivity contribution in [2.75, 3.05) is 24.7 Å². The number of benzene rings is 1. The number of ether oxygens (including phenoxy) is 2. The van der Waals surface area contributed by atoms with Crippen LogP contribution in [0.25, 0.3) is 11.2 Å². The zero-order valence-electron chi connectivity index (χ0n) is 22.0. The lowest BCUT2D eigenvalue weighted by atomic mass is 10.1. The van der Waals surface area contributed by atoms with Crippen LogP contribution in [-0.4, -0.2) is 73.7 Å². The quantitative estimate of drug-likeness (QED) is 0.143. The van der Waals surface area contributed by atoms with Gasteiger partial charge in [-0.3, -0.25) is 13.9 Å². The number of nitrogens with one attached hydrogen (secondary N) is 2. The molecule has 5 N–H and O–H groups in total. The first kappa shape index (κ1) is 29.9. The number of nitrogens with two attached hydrogens (primary N) is 1. The zero-order chi connectivity index (χ0) is 29.2. The van der Waals surface area contributed by atoms with Crippen LogP contribution in [0.3, 0.4) is 0 Å². The number of esters is 1. The molecule has 3 aromatic rings. The summed E-state index contributed by atoms with van der Waals surface area (Å²) in [7, 11) is -2.73. The second kappa shape index (κ2) is 11.8. The third-order valence-corrected chi connectivity index (χ3v) is 7.80. The minimum Gasteiger partial charge on any atom is -0.462 e. The fourth-order valence-electron chi connectivity index (χ4n) is 3.89. The molecule has 1 aliphatic rings. The average Bonchev–Trinajstić information content (AvgIpc) is 3.40. The number of nitrogens with zero attached hydrogens (tertiary/aromatic N) is 4. The van der Waals surface area contributed by atoms with Crippen molar-refractivity contribution in [2.45, 2.75) is 56.5 Å². The molecule has 0 aliphatic carbocycles. The van der Waals surface area contributed by atoms with E-state index < -0.39 is 56.0 Å². The molecule has 1 aliphatic heterocycles. The lowest BCUT2D eigenvalue weighted by molar-refractivity contribution is -0.149. The normalized spacial score (nSPS) is 25.1. The van der Waals surface area contributed by atoms with Gasteiger partial charge in [-0.25, -0.2) is 13.9 Å². The summed E-state index contributed by atoms with van der Waals surface area (Å²) in [5, 5.41) is 13.2. The second-order valence-corrected chi connectivity index (χ2v) is 11.5. The van der Waals surface area contributed by atoms with Crippen molar-refractivity contribution < 1.29 is 37.4 Å². The molecule has 0 saturated carbocycles. The average molecular weight is 602 g/mol. The minimum atomic E-state index is -4.32. The highest BCUT2D eigenvalue weighted by atomic mass is 35.5. The number of halogens is 2. The van der Waals surface area contributed by atoms with E-state index in [1.54, 1.807) is 39.1 Å². The highest BCUT2D eigenvalue weighted by Crippen LogP contribution is 2.49. The van der Waals surface area contributed by atoms with E-state index in [0.29, 0.717) is 0 Å². The Labute approximate surface area is 233 Å². The summed E-state index contributed by atoms with van der Waals surface area (Å²) >= 11 is 6.12. The number of aromatic nitrogens is 4. The van der Waals surface area contributed by atoms with E-state index in [0.717, 1.165) is 4.57 Å². The van der Waals surface area contributed by atoms with Crippen molar-refractivity contribution >= 4 is 48.2 Å². The molecule has 0 bridgehead atoms. The Morgan fingerprint density at radius 2 is 2.02 bits per heavy atom. The number of hydrogen-bond acceptors (Lipinski definition) is 12. The maximum Gasteiger partial charge on any atom is 0.459 e. The third kappa shape index (κ3) is 6.29. The topological polar surface area (TPSA) is 185 Å². The summed E-state index contributed by atoms with van der Waals surface area (Å²) in [5.74, 6) is -0.376. The van der Waals surface area contributed by atoms with Gasteiger partial charge in [0.15, 0.2) is 23.2 Å². The van der Waals surface area contributed by atoms with Gasteiger partial charge >= 0.3 is 13.7 Å². The van der Waals surface area contributed by atoms with E-state index in [1.807, 2.05) is 0 Å². The first-order valence-electron chi connectivity index (χ1n) is 12.2. The molecule has 14 nitrogen and oxygen atoms in total. The van der Waals surface area contributed by atoms with Gasteiger partial charge in [0.2, 0.25) is 5.95 Å². The van der Waals surface area contributed by atoms with Crippen LogP contribution < -0.4 is 20.7 Å². The molecule has 3 heterocycles. The maximum atomic E-state index is 15.7. The summed E-state index contributed by atoms with van der Waals surface area (Å²) in [6.45, 7) is 4.09. The first-order chi connectivity index (χ1) is 18.8. The van der Waals surface area contributed by atoms with Crippen LogP contribution in [0.5, 0.6) is 5.75 Å². The molecule has 40 heavy (non-hydrogen) atoms. The van der Waals surface area contributed by atoms with Gasteiger partial charge in [-0.1, -0.05) is 29.8 Å².